The van der Waals surface area contributed by atoms with Gasteiger partial charge in [0.05, 0.1) is 5.38 Å². The fourth-order valence-electron chi connectivity index (χ4n) is 1.16. The molecule has 0 aromatic heterocycles. The minimum atomic E-state index is -3.96. The summed E-state index contributed by atoms with van der Waals surface area (Å²) >= 11 is 11.3. The average molecular weight is 308 g/mol. The van der Waals surface area contributed by atoms with Crippen molar-refractivity contribution >= 4 is 36.8 Å². The Balaban J connectivity index is 3.83. The van der Waals surface area contributed by atoms with Crippen molar-refractivity contribution in [1.82, 2.24) is 0 Å². The van der Waals surface area contributed by atoms with E-state index in [4.69, 9.17) is 43.8 Å². The molecule has 0 fully saturated rings. The summed E-state index contributed by atoms with van der Waals surface area (Å²) in [5.41, 5.74) is 5.30. The summed E-state index contributed by atoms with van der Waals surface area (Å²) in [6, 6.07) is 0. The maximum atomic E-state index is 10.6. The molecule has 0 saturated carbocycles. The van der Waals surface area contributed by atoms with E-state index in [0.717, 1.165) is 0 Å². The average Bonchev–Trinajstić information content (AvgIpc) is 2.14. The standard InChI is InChI=1S/C8H16Cl2NO5P/c9-6(8(10,11)7(12)13)4-2-1-3-5-17(14,15)16/h6H,1-5,11H2,(H,12,13)(H2,14,15,16). The van der Waals surface area contributed by atoms with Crippen LogP contribution in [0.3, 0.4) is 0 Å². The summed E-state index contributed by atoms with van der Waals surface area (Å²) < 4.78 is 10.5. The maximum absolute atomic E-state index is 10.6. The molecule has 0 radical (unpaired) electrons. The number of carboxylic acid groups (broad SMARTS) is 1. The zero-order valence-electron chi connectivity index (χ0n) is 9.05. The highest BCUT2D eigenvalue weighted by Gasteiger charge is 2.38. The molecule has 6 nitrogen and oxygen atoms in total. The fraction of sp³-hybridized carbons (Fsp3) is 0.875. The van der Waals surface area contributed by atoms with Gasteiger partial charge in [0.15, 0.2) is 0 Å². The van der Waals surface area contributed by atoms with E-state index in [-0.39, 0.29) is 12.6 Å². The molecule has 0 bridgehead atoms. The number of halogens is 2. The van der Waals surface area contributed by atoms with Crippen molar-refractivity contribution < 1.29 is 24.3 Å². The van der Waals surface area contributed by atoms with Crippen LogP contribution < -0.4 is 5.73 Å². The highest BCUT2D eigenvalue weighted by atomic mass is 35.5. The van der Waals surface area contributed by atoms with Crippen LogP contribution >= 0.6 is 30.8 Å². The zero-order chi connectivity index (χ0) is 13.7. The Morgan fingerprint density at radius 3 is 2.29 bits per heavy atom. The van der Waals surface area contributed by atoms with Crippen LogP contribution in [0.4, 0.5) is 0 Å². The van der Waals surface area contributed by atoms with Gasteiger partial charge in [0.2, 0.25) is 5.00 Å². The topological polar surface area (TPSA) is 121 Å². The summed E-state index contributed by atoms with van der Waals surface area (Å²) in [6.07, 6.45) is 1.47. The summed E-state index contributed by atoms with van der Waals surface area (Å²) in [5.74, 6) is -1.39. The monoisotopic (exact) mass is 307 g/mol. The Bertz CT molecular complexity index is 306. The second kappa shape index (κ2) is 6.92. The molecule has 5 N–H and O–H groups in total. The molecule has 0 saturated heterocycles. The maximum Gasteiger partial charge on any atom is 0.340 e. The molecule has 102 valence electrons. The summed E-state index contributed by atoms with van der Waals surface area (Å²) in [7, 11) is -3.96. The molecule has 0 rings (SSSR count). The number of carboxylic acids is 1. The van der Waals surface area contributed by atoms with Gasteiger partial charge in [-0.05, 0) is 12.8 Å². The lowest BCUT2D eigenvalue weighted by atomic mass is 10.1. The van der Waals surface area contributed by atoms with Crippen LogP contribution in [0.5, 0.6) is 0 Å². The highest BCUT2D eigenvalue weighted by Crippen LogP contribution is 2.35. The van der Waals surface area contributed by atoms with E-state index in [2.05, 4.69) is 0 Å². The summed E-state index contributed by atoms with van der Waals surface area (Å²) in [5, 5.41) is 7.74. The molecule has 9 heteroatoms. The predicted molar refractivity (Wildman–Crippen MR) is 65.4 cm³/mol. The van der Waals surface area contributed by atoms with Crippen molar-refractivity contribution in [2.45, 2.75) is 36.1 Å². The second-order valence-corrected chi connectivity index (χ2v) is 6.71. The number of unbranched alkanes of at least 4 members (excludes halogenated alkanes) is 2. The van der Waals surface area contributed by atoms with Crippen molar-refractivity contribution in [2.24, 2.45) is 5.73 Å². The number of rotatable bonds is 8. The molecule has 0 aromatic carbocycles. The third kappa shape index (κ3) is 7.24. The van der Waals surface area contributed by atoms with Gasteiger partial charge in [-0.2, -0.15) is 0 Å². The molecule has 0 heterocycles. The van der Waals surface area contributed by atoms with E-state index in [9.17, 15) is 9.36 Å². The Labute approximate surface area is 109 Å². The molecule has 0 aliphatic rings. The van der Waals surface area contributed by atoms with E-state index in [1.54, 1.807) is 0 Å². The first-order chi connectivity index (χ1) is 7.57. The first kappa shape index (κ1) is 17.2. The van der Waals surface area contributed by atoms with Crippen LogP contribution in [0.2, 0.25) is 0 Å². The Morgan fingerprint density at radius 1 is 1.35 bits per heavy atom. The van der Waals surface area contributed by atoms with Crippen LogP contribution in [0, 0.1) is 0 Å². The lowest BCUT2D eigenvalue weighted by Crippen LogP contribution is -2.50. The molecule has 2 unspecified atom stereocenters. The third-order valence-corrected chi connectivity index (χ3v) is 4.19. The van der Waals surface area contributed by atoms with Gasteiger partial charge >= 0.3 is 13.6 Å². The molecule has 2 atom stereocenters. The molecule has 17 heavy (non-hydrogen) atoms. The van der Waals surface area contributed by atoms with Crippen LogP contribution in [-0.4, -0.2) is 37.4 Å². The Kier molecular flexibility index (Phi) is 6.99. The van der Waals surface area contributed by atoms with E-state index in [1.165, 1.54) is 0 Å². The Hall–Kier alpha value is 0.160. The number of alkyl halides is 2. The van der Waals surface area contributed by atoms with Gasteiger partial charge in [0.25, 0.3) is 0 Å². The molecular weight excluding hydrogens is 292 g/mol. The van der Waals surface area contributed by atoms with Gasteiger partial charge in [0, 0.05) is 6.16 Å². The molecule has 0 amide bonds. The van der Waals surface area contributed by atoms with Crippen molar-refractivity contribution in [1.29, 1.82) is 0 Å². The van der Waals surface area contributed by atoms with E-state index in [0.29, 0.717) is 19.3 Å². The molecular formula is C8H16Cl2NO5P. The predicted octanol–water partition coefficient (Wildman–Crippen LogP) is 1.31. The largest absolute Gasteiger partial charge is 0.479 e. The SMILES string of the molecule is NC(Cl)(C(=O)O)C(Cl)CCCCCP(=O)(O)O. The van der Waals surface area contributed by atoms with Crippen LogP contribution in [0.15, 0.2) is 0 Å². The van der Waals surface area contributed by atoms with E-state index < -0.39 is 23.9 Å². The quantitative estimate of drug-likeness (QED) is 0.232. The summed E-state index contributed by atoms with van der Waals surface area (Å²) in [4.78, 5) is 25.8. The first-order valence-electron chi connectivity index (χ1n) is 4.97. The van der Waals surface area contributed by atoms with Gasteiger partial charge in [-0.25, -0.2) is 4.79 Å². The van der Waals surface area contributed by atoms with Crippen molar-refractivity contribution in [3.63, 3.8) is 0 Å². The van der Waals surface area contributed by atoms with Crippen LogP contribution in [-0.2, 0) is 9.36 Å². The van der Waals surface area contributed by atoms with Crippen LogP contribution in [0.1, 0.15) is 25.7 Å². The Morgan fingerprint density at radius 2 is 1.88 bits per heavy atom. The van der Waals surface area contributed by atoms with Crippen molar-refractivity contribution in [3.05, 3.63) is 0 Å². The number of hydrogen-bond donors (Lipinski definition) is 4. The first-order valence-corrected chi connectivity index (χ1v) is 7.58. The minimum Gasteiger partial charge on any atom is -0.479 e. The molecule has 0 aromatic rings. The third-order valence-electron chi connectivity index (χ3n) is 2.19. The number of aliphatic carboxylic acids is 1. The van der Waals surface area contributed by atoms with E-state index in [1.807, 2.05) is 0 Å². The molecule has 0 spiro atoms. The summed E-state index contributed by atoms with van der Waals surface area (Å²) in [6.45, 7) is 0. The van der Waals surface area contributed by atoms with Gasteiger partial charge in [-0.15, -0.1) is 11.6 Å². The lowest BCUT2D eigenvalue weighted by Gasteiger charge is -2.22. The molecule has 0 aliphatic carbocycles. The lowest BCUT2D eigenvalue weighted by molar-refractivity contribution is -0.140. The second-order valence-electron chi connectivity index (χ2n) is 3.78. The number of hydrogen-bond acceptors (Lipinski definition) is 3. The highest BCUT2D eigenvalue weighted by molar-refractivity contribution is 7.51. The van der Waals surface area contributed by atoms with Crippen molar-refractivity contribution in [3.8, 4) is 0 Å². The van der Waals surface area contributed by atoms with Gasteiger partial charge in [-0.3, -0.25) is 4.57 Å². The molecule has 0 aliphatic heterocycles. The zero-order valence-corrected chi connectivity index (χ0v) is 11.5. The number of carbonyl (C=O) groups is 1. The minimum absolute atomic E-state index is 0.187. The van der Waals surface area contributed by atoms with Gasteiger partial charge < -0.3 is 20.6 Å². The van der Waals surface area contributed by atoms with Crippen LogP contribution in [0.25, 0.3) is 0 Å². The fourth-order valence-corrected chi connectivity index (χ4v) is 2.15. The normalized spacial score (nSPS) is 17.5. The van der Waals surface area contributed by atoms with Crippen molar-refractivity contribution in [2.75, 3.05) is 6.16 Å². The van der Waals surface area contributed by atoms with Gasteiger partial charge in [0.1, 0.15) is 0 Å². The van der Waals surface area contributed by atoms with E-state index >= 15 is 0 Å². The van der Waals surface area contributed by atoms with Gasteiger partial charge in [-0.1, -0.05) is 24.4 Å². The number of nitrogens with two attached hydrogens (primary N) is 1. The smallest absolute Gasteiger partial charge is 0.340 e.